The molecule has 1 aromatic heterocycles. The zero-order valence-electron chi connectivity index (χ0n) is 7.88. The maximum absolute atomic E-state index is 11.3. The number of anilines is 1. The molecule has 4 nitrogen and oxygen atoms in total. The largest absolute Gasteiger partial charge is 0.319 e. The molecule has 0 aromatic carbocycles. The van der Waals surface area contributed by atoms with Crippen LogP contribution in [0.25, 0.3) is 0 Å². The van der Waals surface area contributed by atoms with Crippen molar-refractivity contribution >= 4 is 27.7 Å². The predicted molar refractivity (Wildman–Crippen MR) is 59.1 cm³/mol. The van der Waals surface area contributed by atoms with Crippen molar-refractivity contribution in [3.05, 3.63) is 22.8 Å². The monoisotopic (exact) mass is 257 g/mol. The number of carbonyl (C=O) groups is 1. The van der Waals surface area contributed by atoms with E-state index >= 15 is 0 Å². The highest BCUT2D eigenvalue weighted by Gasteiger charge is 2.04. The van der Waals surface area contributed by atoms with Gasteiger partial charge in [-0.05, 0) is 35.1 Å². The van der Waals surface area contributed by atoms with Crippen LogP contribution < -0.4 is 10.6 Å². The van der Waals surface area contributed by atoms with E-state index < -0.39 is 0 Å². The molecule has 0 unspecified atom stereocenters. The van der Waals surface area contributed by atoms with E-state index in [4.69, 9.17) is 0 Å². The number of nitrogens with one attached hydrogen (secondary N) is 2. The molecular weight excluding hydrogens is 246 g/mol. The first kappa shape index (κ1) is 11.1. The summed E-state index contributed by atoms with van der Waals surface area (Å²) in [6.07, 6.45) is 2.08. The number of aromatic nitrogens is 1. The topological polar surface area (TPSA) is 54.0 Å². The Morgan fingerprint density at radius 3 is 3.07 bits per heavy atom. The first-order valence-corrected chi connectivity index (χ1v) is 5.08. The SMILES string of the molecule is CNCCC(=O)Nc1ncccc1Br. The molecule has 0 saturated heterocycles. The number of carbonyl (C=O) groups excluding carboxylic acids is 1. The first-order chi connectivity index (χ1) is 6.74. The van der Waals surface area contributed by atoms with E-state index in [1.165, 1.54) is 0 Å². The van der Waals surface area contributed by atoms with Crippen molar-refractivity contribution in [1.29, 1.82) is 0 Å². The summed E-state index contributed by atoms with van der Waals surface area (Å²) in [4.78, 5) is 15.3. The minimum Gasteiger partial charge on any atom is -0.319 e. The van der Waals surface area contributed by atoms with Crippen LogP contribution in [0.15, 0.2) is 22.8 Å². The molecule has 0 bridgehead atoms. The maximum Gasteiger partial charge on any atom is 0.226 e. The molecule has 0 aliphatic carbocycles. The Morgan fingerprint density at radius 2 is 2.43 bits per heavy atom. The van der Waals surface area contributed by atoms with E-state index in [1.54, 1.807) is 12.3 Å². The Morgan fingerprint density at radius 1 is 1.64 bits per heavy atom. The quantitative estimate of drug-likeness (QED) is 0.858. The number of hydrogen-bond donors (Lipinski definition) is 2. The molecule has 76 valence electrons. The fourth-order valence-corrected chi connectivity index (χ4v) is 1.26. The van der Waals surface area contributed by atoms with Crippen LogP contribution in [0.3, 0.4) is 0 Å². The van der Waals surface area contributed by atoms with E-state index in [0.717, 1.165) is 4.47 Å². The van der Waals surface area contributed by atoms with Crippen LogP contribution in [0.4, 0.5) is 5.82 Å². The third-order valence-corrected chi connectivity index (χ3v) is 2.26. The molecule has 14 heavy (non-hydrogen) atoms. The number of pyridine rings is 1. The third kappa shape index (κ3) is 3.43. The van der Waals surface area contributed by atoms with Gasteiger partial charge in [0.2, 0.25) is 5.91 Å². The summed E-state index contributed by atoms with van der Waals surface area (Å²) in [5.41, 5.74) is 0. The molecular formula is C9H12BrN3O. The van der Waals surface area contributed by atoms with Crippen molar-refractivity contribution < 1.29 is 4.79 Å². The van der Waals surface area contributed by atoms with Gasteiger partial charge in [0.25, 0.3) is 0 Å². The molecule has 0 radical (unpaired) electrons. The minimum absolute atomic E-state index is 0.0428. The van der Waals surface area contributed by atoms with E-state index in [-0.39, 0.29) is 5.91 Å². The highest BCUT2D eigenvalue weighted by Crippen LogP contribution is 2.18. The smallest absolute Gasteiger partial charge is 0.226 e. The summed E-state index contributed by atoms with van der Waals surface area (Å²) < 4.78 is 0.790. The Labute approximate surface area is 91.2 Å². The summed E-state index contributed by atoms with van der Waals surface area (Å²) in [5, 5.41) is 5.61. The van der Waals surface area contributed by atoms with Gasteiger partial charge in [0.15, 0.2) is 0 Å². The van der Waals surface area contributed by atoms with E-state index in [1.807, 2.05) is 13.1 Å². The van der Waals surface area contributed by atoms with E-state index in [0.29, 0.717) is 18.8 Å². The number of nitrogens with zero attached hydrogens (tertiary/aromatic N) is 1. The Kier molecular flexibility index (Phi) is 4.55. The standard InChI is InChI=1S/C9H12BrN3O/c1-11-6-4-8(14)13-9-7(10)3-2-5-12-9/h2-3,5,11H,4,6H2,1H3,(H,12,13,14). The van der Waals surface area contributed by atoms with Gasteiger partial charge in [0.1, 0.15) is 5.82 Å². The minimum atomic E-state index is -0.0428. The number of amides is 1. The van der Waals surface area contributed by atoms with Crippen LogP contribution >= 0.6 is 15.9 Å². The molecule has 1 amide bonds. The van der Waals surface area contributed by atoms with E-state index in [9.17, 15) is 4.79 Å². The second-order valence-electron chi connectivity index (χ2n) is 2.74. The second kappa shape index (κ2) is 5.72. The summed E-state index contributed by atoms with van der Waals surface area (Å²) in [7, 11) is 1.81. The van der Waals surface area contributed by atoms with Crippen molar-refractivity contribution in [2.24, 2.45) is 0 Å². The number of hydrogen-bond acceptors (Lipinski definition) is 3. The van der Waals surface area contributed by atoms with Crippen LogP contribution in [0.2, 0.25) is 0 Å². The van der Waals surface area contributed by atoms with Crippen molar-refractivity contribution in [3.8, 4) is 0 Å². The molecule has 0 fully saturated rings. The van der Waals surface area contributed by atoms with Crippen LogP contribution in [0, 0.1) is 0 Å². The van der Waals surface area contributed by atoms with Crippen molar-refractivity contribution in [2.75, 3.05) is 18.9 Å². The van der Waals surface area contributed by atoms with Gasteiger partial charge in [0.05, 0.1) is 4.47 Å². The fraction of sp³-hybridized carbons (Fsp3) is 0.333. The Balaban J connectivity index is 2.52. The highest BCUT2D eigenvalue weighted by molar-refractivity contribution is 9.10. The summed E-state index contributed by atoms with van der Waals surface area (Å²) in [6, 6.07) is 3.63. The molecule has 5 heteroatoms. The molecule has 1 aromatic rings. The van der Waals surface area contributed by atoms with Crippen molar-refractivity contribution in [2.45, 2.75) is 6.42 Å². The van der Waals surface area contributed by atoms with Crippen LogP contribution in [-0.4, -0.2) is 24.5 Å². The molecule has 0 atom stereocenters. The fourth-order valence-electron chi connectivity index (χ4n) is 0.911. The second-order valence-corrected chi connectivity index (χ2v) is 3.59. The van der Waals surface area contributed by atoms with Gasteiger partial charge in [0, 0.05) is 19.2 Å². The lowest BCUT2D eigenvalue weighted by Crippen LogP contribution is -2.19. The average molecular weight is 258 g/mol. The highest BCUT2D eigenvalue weighted by atomic mass is 79.9. The van der Waals surface area contributed by atoms with Gasteiger partial charge < -0.3 is 10.6 Å². The number of rotatable bonds is 4. The van der Waals surface area contributed by atoms with Crippen molar-refractivity contribution in [3.63, 3.8) is 0 Å². The average Bonchev–Trinajstić information content (AvgIpc) is 2.18. The van der Waals surface area contributed by atoms with Crippen LogP contribution in [0.1, 0.15) is 6.42 Å². The molecule has 0 aliphatic heterocycles. The molecule has 0 aliphatic rings. The summed E-state index contributed by atoms with van der Waals surface area (Å²) in [6.45, 7) is 0.663. The molecule has 0 saturated carbocycles. The Bertz CT molecular complexity index is 317. The maximum atomic E-state index is 11.3. The number of halogens is 1. The van der Waals surface area contributed by atoms with Gasteiger partial charge in [-0.3, -0.25) is 4.79 Å². The van der Waals surface area contributed by atoms with Gasteiger partial charge in [-0.15, -0.1) is 0 Å². The molecule has 2 N–H and O–H groups in total. The first-order valence-electron chi connectivity index (χ1n) is 4.29. The van der Waals surface area contributed by atoms with Gasteiger partial charge >= 0.3 is 0 Å². The van der Waals surface area contributed by atoms with Crippen molar-refractivity contribution in [1.82, 2.24) is 10.3 Å². The third-order valence-electron chi connectivity index (χ3n) is 1.62. The Hall–Kier alpha value is -0.940. The summed E-state index contributed by atoms with van der Waals surface area (Å²) >= 11 is 3.30. The van der Waals surface area contributed by atoms with Gasteiger partial charge in [-0.25, -0.2) is 4.98 Å². The molecule has 1 rings (SSSR count). The van der Waals surface area contributed by atoms with Gasteiger partial charge in [-0.1, -0.05) is 0 Å². The normalized spacial score (nSPS) is 9.86. The van der Waals surface area contributed by atoms with Crippen LogP contribution in [-0.2, 0) is 4.79 Å². The zero-order valence-corrected chi connectivity index (χ0v) is 9.47. The molecule has 1 heterocycles. The lowest BCUT2D eigenvalue weighted by atomic mass is 10.4. The lowest BCUT2D eigenvalue weighted by Gasteiger charge is -2.05. The lowest BCUT2D eigenvalue weighted by molar-refractivity contribution is -0.116. The summed E-state index contributed by atoms with van der Waals surface area (Å²) in [5.74, 6) is 0.521. The van der Waals surface area contributed by atoms with Crippen LogP contribution in [0.5, 0.6) is 0 Å². The predicted octanol–water partition coefficient (Wildman–Crippen LogP) is 1.39. The molecule has 0 spiro atoms. The van der Waals surface area contributed by atoms with E-state index in [2.05, 4.69) is 31.5 Å². The zero-order chi connectivity index (χ0) is 10.4. The van der Waals surface area contributed by atoms with Gasteiger partial charge in [-0.2, -0.15) is 0 Å².